The molecule has 2 N–H and O–H groups in total. The Labute approximate surface area is 257 Å². The zero-order chi connectivity index (χ0) is 31.3. The number of sulfonamides is 1. The molecule has 3 aromatic carbocycles. The quantitative estimate of drug-likeness (QED) is 0.295. The Morgan fingerprint density at radius 1 is 1.02 bits per heavy atom. The van der Waals surface area contributed by atoms with Crippen LogP contribution in [0, 0.1) is 5.92 Å². The van der Waals surface area contributed by atoms with Crippen molar-refractivity contribution in [2.75, 3.05) is 31.3 Å². The van der Waals surface area contributed by atoms with Gasteiger partial charge in [-0.2, -0.15) is 4.31 Å². The molecule has 2 amide bonds. The number of cyclic esters (lactones) is 1. The number of anilines is 1. The molecule has 0 aliphatic carbocycles. The van der Waals surface area contributed by atoms with Crippen molar-refractivity contribution in [2.45, 2.75) is 49.8 Å². The third-order valence-corrected chi connectivity index (χ3v) is 9.68. The molecule has 1 fully saturated rings. The Morgan fingerprint density at radius 2 is 1.70 bits per heavy atom. The second-order valence-electron chi connectivity index (χ2n) is 11.0. The van der Waals surface area contributed by atoms with Crippen molar-refractivity contribution in [1.29, 1.82) is 0 Å². The van der Waals surface area contributed by atoms with E-state index in [0.717, 1.165) is 12.0 Å². The molecule has 0 aromatic heterocycles. The third kappa shape index (κ3) is 7.15. The van der Waals surface area contributed by atoms with Gasteiger partial charge in [0.1, 0.15) is 0 Å². The predicted molar refractivity (Wildman–Crippen MR) is 163 cm³/mol. The fraction of sp³-hybridized carbons (Fsp3) is 0.375. The SMILES string of the molecule is CC[C@H](C)CN(C[C@@H](O)[C@H](Cc1ccccc1)NC(=O)[C@@H]1CN(c2ccccc2)C(=O)O1)S(=O)(=O)c1ccc2c(c1)OCO2. The van der Waals surface area contributed by atoms with E-state index in [2.05, 4.69) is 5.32 Å². The van der Waals surface area contributed by atoms with Crippen LogP contribution in [0.15, 0.2) is 83.8 Å². The van der Waals surface area contributed by atoms with Crippen LogP contribution in [0.5, 0.6) is 11.5 Å². The first kappa shape index (κ1) is 31.3. The van der Waals surface area contributed by atoms with Crippen molar-refractivity contribution in [3.63, 3.8) is 0 Å². The van der Waals surface area contributed by atoms with Crippen LogP contribution in [0.1, 0.15) is 25.8 Å². The van der Waals surface area contributed by atoms with E-state index in [4.69, 9.17) is 14.2 Å². The monoisotopic (exact) mass is 623 g/mol. The highest BCUT2D eigenvalue weighted by molar-refractivity contribution is 7.89. The van der Waals surface area contributed by atoms with Crippen molar-refractivity contribution >= 4 is 27.7 Å². The molecule has 2 heterocycles. The van der Waals surface area contributed by atoms with Gasteiger partial charge in [-0.15, -0.1) is 0 Å². The number of hydrogen-bond donors (Lipinski definition) is 2. The molecule has 12 heteroatoms. The molecule has 2 aliphatic heterocycles. The van der Waals surface area contributed by atoms with Crippen LogP contribution in [0.25, 0.3) is 0 Å². The van der Waals surface area contributed by atoms with Gasteiger partial charge in [-0.1, -0.05) is 68.8 Å². The van der Waals surface area contributed by atoms with Crippen molar-refractivity contribution in [2.24, 2.45) is 5.92 Å². The van der Waals surface area contributed by atoms with E-state index in [1.807, 2.05) is 50.2 Å². The van der Waals surface area contributed by atoms with Gasteiger partial charge in [-0.05, 0) is 42.2 Å². The fourth-order valence-electron chi connectivity index (χ4n) is 5.11. The van der Waals surface area contributed by atoms with Crippen LogP contribution >= 0.6 is 0 Å². The van der Waals surface area contributed by atoms with Crippen LogP contribution in [0.2, 0.25) is 0 Å². The van der Waals surface area contributed by atoms with Gasteiger partial charge < -0.3 is 24.6 Å². The smallest absolute Gasteiger partial charge is 0.415 e. The lowest BCUT2D eigenvalue weighted by atomic mass is 10.0. The van der Waals surface area contributed by atoms with E-state index >= 15 is 0 Å². The number of carbonyl (C=O) groups excluding carboxylic acids is 2. The molecule has 234 valence electrons. The normalized spacial score (nSPS) is 18.1. The van der Waals surface area contributed by atoms with Crippen molar-refractivity contribution < 1.29 is 37.3 Å². The Balaban J connectivity index is 1.37. The predicted octanol–water partition coefficient (Wildman–Crippen LogP) is 3.57. The first-order valence-electron chi connectivity index (χ1n) is 14.6. The van der Waals surface area contributed by atoms with Crippen LogP contribution in [-0.4, -0.2) is 74.5 Å². The lowest BCUT2D eigenvalue weighted by Gasteiger charge is -2.31. The highest BCUT2D eigenvalue weighted by Gasteiger charge is 2.39. The van der Waals surface area contributed by atoms with E-state index < -0.39 is 40.3 Å². The Hall–Kier alpha value is -4.13. The molecule has 2 aliphatic rings. The molecular weight excluding hydrogens is 586 g/mol. The molecule has 4 atom stereocenters. The van der Waals surface area contributed by atoms with Crippen LogP contribution in [-0.2, 0) is 26.0 Å². The summed E-state index contributed by atoms with van der Waals surface area (Å²) in [6.45, 7) is 3.79. The van der Waals surface area contributed by atoms with Gasteiger partial charge >= 0.3 is 6.09 Å². The second kappa shape index (κ2) is 13.7. The van der Waals surface area contributed by atoms with E-state index in [-0.39, 0.29) is 43.7 Å². The van der Waals surface area contributed by atoms with Gasteiger partial charge in [0.05, 0.1) is 23.6 Å². The van der Waals surface area contributed by atoms with Crippen molar-refractivity contribution in [1.82, 2.24) is 9.62 Å². The molecule has 0 radical (unpaired) electrons. The van der Waals surface area contributed by atoms with Crippen molar-refractivity contribution in [3.05, 3.63) is 84.4 Å². The standard InChI is InChI=1S/C32H37N3O8S/c1-3-22(2)18-34(44(39,40)25-14-15-28-29(17-25)42-21-41-28)19-27(36)26(16-23-10-6-4-7-11-23)33-31(37)30-20-35(32(38)43-30)24-12-8-5-9-13-24/h4-15,17,22,26-27,30,36H,3,16,18-21H2,1-2H3,(H,33,37)/t22-,26-,27+,30-/m0/s1. The number of fused-ring (bicyclic) bond motifs is 1. The number of benzene rings is 3. The largest absolute Gasteiger partial charge is 0.454 e. The number of hydrogen-bond acceptors (Lipinski definition) is 8. The number of para-hydroxylation sites is 1. The zero-order valence-electron chi connectivity index (χ0n) is 24.7. The minimum atomic E-state index is -4.07. The first-order chi connectivity index (χ1) is 21.2. The lowest BCUT2D eigenvalue weighted by Crippen LogP contribution is -2.53. The van der Waals surface area contributed by atoms with Gasteiger partial charge in [0.25, 0.3) is 5.91 Å². The highest BCUT2D eigenvalue weighted by atomic mass is 32.2. The molecule has 0 saturated carbocycles. The molecule has 3 aromatic rings. The highest BCUT2D eigenvalue weighted by Crippen LogP contribution is 2.35. The number of rotatable bonds is 13. The summed E-state index contributed by atoms with van der Waals surface area (Å²) in [5, 5.41) is 14.4. The summed E-state index contributed by atoms with van der Waals surface area (Å²) in [5.41, 5.74) is 1.43. The maximum Gasteiger partial charge on any atom is 0.415 e. The molecule has 44 heavy (non-hydrogen) atoms. The van der Waals surface area contributed by atoms with Crippen molar-refractivity contribution in [3.8, 4) is 11.5 Å². The summed E-state index contributed by atoms with van der Waals surface area (Å²) in [6, 6.07) is 21.7. The van der Waals surface area contributed by atoms with Crippen LogP contribution in [0.3, 0.4) is 0 Å². The Bertz CT molecular complexity index is 1550. The Kier molecular flexibility index (Phi) is 9.72. The van der Waals surface area contributed by atoms with E-state index in [1.165, 1.54) is 21.3 Å². The minimum Gasteiger partial charge on any atom is -0.454 e. The van der Waals surface area contributed by atoms with E-state index in [1.54, 1.807) is 30.3 Å². The summed E-state index contributed by atoms with van der Waals surface area (Å²) < 4.78 is 45.2. The van der Waals surface area contributed by atoms with Gasteiger partial charge in [-0.3, -0.25) is 9.69 Å². The average molecular weight is 624 g/mol. The number of nitrogens with zero attached hydrogens (tertiary/aromatic N) is 2. The van der Waals surface area contributed by atoms with Crippen LogP contribution < -0.4 is 19.7 Å². The number of nitrogens with one attached hydrogen (secondary N) is 1. The number of aliphatic hydroxyl groups is 1. The molecule has 0 spiro atoms. The molecule has 0 unspecified atom stereocenters. The maximum atomic E-state index is 13.9. The number of ether oxygens (including phenoxy) is 3. The van der Waals surface area contributed by atoms with E-state index in [9.17, 15) is 23.1 Å². The van der Waals surface area contributed by atoms with Gasteiger partial charge in [0.15, 0.2) is 17.6 Å². The Morgan fingerprint density at radius 3 is 2.41 bits per heavy atom. The molecule has 5 rings (SSSR count). The molecule has 0 bridgehead atoms. The molecule has 1 saturated heterocycles. The lowest BCUT2D eigenvalue weighted by molar-refractivity contribution is -0.129. The summed E-state index contributed by atoms with van der Waals surface area (Å²) >= 11 is 0. The second-order valence-corrected chi connectivity index (χ2v) is 13.0. The number of carbonyl (C=O) groups is 2. The fourth-order valence-corrected chi connectivity index (χ4v) is 6.71. The zero-order valence-corrected chi connectivity index (χ0v) is 25.5. The first-order valence-corrected chi connectivity index (χ1v) is 16.0. The number of amides is 2. The third-order valence-electron chi connectivity index (χ3n) is 7.85. The average Bonchev–Trinajstić information content (AvgIpc) is 3.67. The summed E-state index contributed by atoms with van der Waals surface area (Å²) in [5.74, 6) is 0.209. The maximum absolute atomic E-state index is 13.9. The minimum absolute atomic E-state index is 0.00145. The van der Waals surface area contributed by atoms with Gasteiger partial charge in [0.2, 0.25) is 16.8 Å². The van der Waals surface area contributed by atoms with Crippen LogP contribution in [0.4, 0.5) is 10.5 Å². The van der Waals surface area contributed by atoms with E-state index in [0.29, 0.717) is 17.2 Å². The molecule has 11 nitrogen and oxygen atoms in total. The van der Waals surface area contributed by atoms with Gasteiger partial charge in [0, 0.05) is 24.8 Å². The summed E-state index contributed by atoms with van der Waals surface area (Å²) in [4.78, 5) is 27.4. The summed E-state index contributed by atoms with van der Waals surface area (Å²) in [7, 11) is -4.07. The summed E-state index contributed by atoms with van der Waals surface area (Å²) in [6.07, 6.45) is -2.11. The van der Waals surface area contributed by atoms with Gasteiger partial charge in [-0.25, -0.2) is 13.2 Å². The topological polar surface area (TPSA) is 135 Å². The molecular formula is C32H37N3O8S. The number of aliphatic hydroxyl groups excluding tert-OH is 1.